The van der Waals surface area contributed by atoms with Crippen molar-refractivity contribution in [2.24, 2.45) is 5.92 Å². The number of rotatable bonds is 7. The van der Waals surface area contributed by atoms with E-state index >= 15 is 0 Å². The lowest BCUT2D eigenvalue weighted by atomic mass is 10.00. The second kappa shape index (κ2) is 7.44. The molecule has 0 bridgehead atoms. The van der Waals surface area contributed by atoms with E-state index in [4.69, 9.17) is 19.3 Å². The van der Waals surface area contributed by atoms with E-state index in [2.05, 4.69) is 4.90 Å². The largest absolute Gasteiger partial charge is 0.496 e. The van der Waals surface area contributed by atoms with Crippen LogP contribution in [0.25, 0.3) is 0 Å². The van der Waals surface area contributed by atoms with E-state index in [1.165, 1.54) is 0 Å². The first-order valence-electron chi connectivity index (χ1n) is 8.02. The minimum atomic E-state index is -0.714. The second-order valence-electron chi connectivity index (χ2n) is 6.02. The van der Waals surface area contributed by atoms with Crippen LogP contribution in [0.1, 0.15) is 5.56 Å². The standard InChI is InChI=1S/C19H21NO5/c1-23-16-7-17(24-2)9-18(8-16)25-15-5-3-13(4-6-15)10-20-11-14(12-20)19(21)22/h3-9,14H,10-12H2,1-2H3,(H,21,22). The second-order valence-corrected chi connectivity index (χ2v) is 6.02. The van der Waals surface area contributed by atoms with Crippen molar-refractivity contribution in [3.8, 4) is 23.0 Å². The Kier molecular flexibility index (Phi) is 5.09. The van der Waals surface area contributed by atoms with E-state index in [9.17, 15) is 4.79 Å². The molecular formula is C19H21NO5. The number of hydrogen-bond donors (Lipinski definition) is 1. The van der Waals surface area contributed by atoms with Gasteiger partial charge in [-0.05, 0) is 17.7 Å². The number of methoxy groups -OCH3 is 2. The number of hydrogen-bond acceptors (Lipinski definition) is 5. The summed E-state index contributed by atoms with van der Waals surface area (Å²) in [7, 11) is 3.19. The van der Waals surface area contributed by atoms with Crippen LogP contribution in [0.4, 0.5) is 0 Å². The Labute approximate surface area is 146 Å². The van der Waals surface area contributed by atoms with Gasteiger partial charge < -0.3 is 19.3 Å². The summed E-state index contributed by atoms with van der Waals surface area (Å²) in [5, 5.41) is 8.91. The van der Waals surface area contributed by atoms with Crippen LogP contribution in [0.2, 0.25) is 0 Å². The van der Waals surface area contributed by atoms with E-state index < -0.39 is 5.97 Å². The molecule has 6 nitrogen and oxygen atoms in total. The Bertz CT molecular complexity index is 716. The van der Waals surface area contributed by atoms with Crippen LogP contribution in [0.3, 0.4) is 0 Å². The summed E-state index contributed by atoms with van der Waals surface area (Å²) in [4.78, 5) is 12.9. The van der Waals surface area contributed by atoms with Gasteiger partial charge in [-0.25, -0.2) is 0 Å². The molecular weight excluding hydrogens is 322 g/mol. The van der Waals surface area contributed by atoms with Crippen molar-refractivity contribution in [3.05, 3.63) is 48.0 Å². The molecule has 6 heteroatoms. The lowest BCUT2D eigenvalue weighted by Crippen LogP contribution is -2.49. The Hall–Kier alpha value is -2.73. The van der Waals surface area contributed by atoms with Crippen molar-refractivity contribution < 1.29 is 24.1 Å². The number of likely N-dealkylation sites (tertiary alicyclic amines) is 1. The van der Waals surface area contributed by atoms with E-state index in [1.54, 1.807) is 32.4 Å². The van der Waals surface area contributed by atoms with Crippen LogP contribution in [0, 0.1) is 5.92 Å². The molecule has 132 valence electrons. The summed E-state index contributed by atoms with van der Waals surface area (Å²) in [6.45, 7) is 1.96. The van der Waals surface area contributed by atoms with Gasteiger partial charge in [0, 0.05) is 37.8 Å². The first-order valence-corrected chi connectivity index (χ1v) is 8.02. The van der Waals surface area contributed by atoms with Gasteiger partial charge in [0.05, 0.1) is 20.1 Å². The van der Waals surface area contributed by atoms with E-state index in [-0.39, 0.29) is 5.92 Å². The molecule has 1 aliphatic rings. The molecule has 1 N–H and O–H groups in total. The number of ether oxygens (including phenoxy) is 3. The molecule has 0 saturated carbocycles. The highest BCUT2D eigenvalue weighted by Crippen LogP contribution is 2.31. The number of benzene rings is 2. The molecule has 0 atom stereocenters. The number of aliphatic carboxylic acids is 1. The average Bonchev–Trinajstić information content (AvgIpc) is 2.58. The zero-order valence-electron chi connectivity index (χ0n) is 14.3. The van der Waals surface area contributed by atoms with Gasteiger partial charge in [-0.3, -0.25) is 9.69 Å². The smallest absolute Gasteiger partial charge is 0.309 e. The number of carbonyl (C=O) groups is 1. The van der Waals surface area contributed by atoms with Crippen molar-refractivity contribution in [3.63, 3.8) is 0 Å². The van der Waals surface area contributed by atoms with Crippen LogP contribution >= 0.6 is 0 Å². The molecule has 0 radical (unpaired) electrons. The summed E-state index contributed by atoms with van der Waals surface area (Å²) in [6, 6.07) is 13.1. The van der Waals surface area contributed by atoms with Crippen molar-refractivity contribution in [2.75, 3.05) is 27.3 Å². The molecule has 2 aromatic carbocycles. The third-order valence-electron chi connectivity index (χ3n) is 4.20. The monoisotopic (exact) mass is 343 g/mol. The number of carboxylic acid groups (broad SMARTS) is 1. The molecule has 0 aromatic heterocycles. The van der Waals surface area contributed by atoms with Gasteiger partial charge in [0.15, 0.2) is 0 Å². The van der Waals surface area contributed by atoms with Crippen LogP contribution in [0.15, 0.2) is 42.5 Å². The summed E-state index contributed by atoms with van der Waals surface area (Å²) in [5.41, 5.74) is 1.12. The zero-order chi connectivity index (χ0) is 17.8. The average molecular weight is 343 g/mol. The highest BCUT2D eigenvalue weighted by molar-refractivity contribution is 5.71. The van der Waals surface area contributed by atoms with Crippen molar-refractivity contribution >= 4 is 5.97 Å². The van der Waals surface area contributed by atoms with Gasteiger partial charge in [-0.2, -0.15) is 0 Å². The summed E-state index contributed by atoms with van der Waals surface area (Å²) in [5.74, 6) is 1.73. The molecule has 1 saturated heterocycles. The molecule has 1 fully saturated rings. The van der Waals surface area contributed by atoms with Crippen LogP contribution < -0.4 is 14.2 Å². The fourth-order valence-electron chi connectivity index (χ4n) is 2.75. The van der Waals surface area contributed by atoms with E-state index in [0.29, 0.717) is 36.1 Å². The molecule has 0 spiro atoms. The molecule has 2 aromatic rings. The van der Waals surface area contributed by atoms with E-state index in [0.717, 1.165) is 12.1 Å². The summed E-state index contributed by atoms with van der Waals surface area (Å²) >= 11 is 0. The van der Waals surface area contributed by atoms with Gasteiger partial charge in [-0.1, -0.05) is 12.1 Å². The topological polar surface area (TPSA) is 68.2 Å². The molecule has 0 aliphatic carbocycles. The summed E-state index contributed by atoms with van der Waals surface area (Å²) in [6.07, 6.45) is 0. The highest BCUT2D eigenvalue weighted by Gasteiger charge is 2.32. The van der Waals surface area contributed by atoms with Crippen LogP contribution in [-0.2, 0) is 11.3 Å². The Morgan fingerprint density at radius 2 is 1.56 bits per heavy atom. The quantitative estimate of drug-likeness (QED) is 0.833. The van der Waals surface area contributed by atoms with E-state index in [1.807, 2.05) is 24.3 Å². The first-order chi connectivity index (χ1) is 12.1. The van der Waals surface area contributed by atoms with Gasteiger partial charge in [0.25, 0.3) is 0 Å². The van der Waals surface area contributed by atoms with Crippen LogP contribution in [0.5, 0.6) is 23.0 Å². The Morgan fingerprint density at radius 3 is 2.08 bits per heavy atom. The minimum Gasteiger partial charge on any atom is -0.496 e. The normalized spacial score (nSPS) is 14.6. The predicted molar refractivity (Wildman–Crippen MR) is 92.5 cm³/mol. The molecule has 0 unspecified atom stereocenters. The molecule has 3 rings (SSSR count). The number of carboxylic acids is 1. The molecule has 1 aliphatic heterocycles. The van der Waals surface area contributed by atoms with Crippen molar-refractivity contribution in [1.29, 1.82) is 0 Å². The molecule has 25 heavy (non-hydrogen) atoms. The van der Waals surface area contributed by atoms with Gasteiger partial charge in [-0.15, -0.1) is 0 Å². The van der Waals surface area contributed by atoms with Crippen LogP contribution in [-0.4, -0.2) is 43.3 Å². The van der Waals surface area contributed by atoms with Gasteiger partial charge >= 0.3 is 5.97 Å². The first kappa shape index (κ1) is 17.1. The third kappa shape index (κ3) is 4.22. The highest BCUT2D eigenvalue weighted by atomic mass is 16.5. The van der Waals surface area contributed by atoms with Crippen molar-refractivity contribution in [1.82, 2.24) is 4.90 Å². The zero-order valence-corrected chi connectivity index (χ0v) is 14.3. The SMILES string of the molecule is COc1cc(OC)cc(Oc2ccc(CN3CC(C(=O)O)C3)cc2)c1. The third-order valence-corrected chi connectivity index (χ3v) is 4.20. The lowest BCUT2D eigenvalue weighted by molar-refractivity contribution is -0.147. The predicted octanol–water partition coefficient (Wildman–Crippen LogP) is 3.01. The lowest BCUT2D eigenvalue weighted by Gasteiger charge is -2.36. The summed E-state index contributed by atoms with van der Waals surface area (Å²) < 4.78 is 16.3. The fraction of sp³-hybridized carbons (Fsp3) is 0.316. The van der Waals surface area contributed by atoms with Gasteiger partial charge in [0.1, 0.15) is 23.0 Å². The molecule has 0 amide bonds. The maximum absolute atomic E-state index is 10.8. The fourth-order valence-corrected chi connectivity index (χ4v) is 2.75. The number of nitrogens with zero attached hydrogens (tertiary/aromatic N) is 1. The Balaban J connectivity index is 1.60. The van der Waals surface area contributed by atoms with Gasteiger partial charge in [0.2, 0.25) is 0 Å². The maximum atomic E-state index is 10.8. The van der Waals surface area contributed by atoms with Crippen molar-refractivity contribution in [2.45, 2.75) is 6.54 Å². The Morgan fingerprint density at radius 1 is 1.00 bits per heavy atom. The molecule has 1 heterocycles. The minimum absolute atomic E-state index is 0.231. The maximum Gasteiger partial charge on any atom is 0.309 e.